The fourth-order valence-corrected chi connectivity index (χ4v) is 3.05. The van der Waals surface area contributed by atoms with Crippen molar-refractivity contribution in [2.75, 3.05) is 12.4 Å². The second-order valence-corrected chi connectivity index (χ2v) is 6.58. The predicted molar refractivity (Wildman–Crippen MR) is 104 cm³/mol. The first-order valence-corrected chi connectivity index (χ1v) is 9.09. The number of hydrogen-bond acceptors (Lipinski definition) is 4. The van der Waals surface area contributed by atoms with Gasteiger partial charge in [-0.3, -0.25) is 0 Å². The number of benzene rings is 2. The van der Waals surface area contributed by atoms with E-state index in [1.54, 1.807) is 6.07 Å². The van der Waals surface area contributed by atoms with E-state index in [2.05, 4.69) is 15.4 Å². The molecule has 10 heteroatoms. The Bertz CT molecular complexity index is 1240. The summed E-state index contributed by atoms with van der Waals surface area (Å²) in [5, 5.41) is 6.15. The molecule has 0 aliphatic heterocycles. The van der Waals surface area contributed by atoms with Crippen LogP contribution in [0.25, 0.3) is 16.7 Å². The Balaban J connectivity index is 1.85. The highest BCUT2D eigenvalue weighted by Crippen LogP contribution is 2.38. The lowest BCUT2D eigenvalue weighted by Gasteiger charge is -2.12. The standard InChI is InChI=1S/C21H15F5N4O/c1-27-17-10-15-18(21(24,25)26)29-30(14-8-6-13(22)7-9-14)19(15)28-20(17)31-11-12-4-2-3-5-16(12)23/h2-10,27H,11H2,1H3. The maximum absolute atomic E-state index is 13.9. The van der Waals surface area contributed by atoms with Crippen LogP contribution in [0.2, 0.25) is 0 Å². The Morgan fingerprint density at radius 1 is 1.03 bits per heavy atom. The van der Waals surface area contributed by atoms with E-state index < -0.39 is 23.5 Å². The van der Waals surface area contributed by atoms with Gasteiger partial charge in [0.15, 0.2) is 11.3 Å². The van der Waals surface area contributed by atoms with E-state index in [-0.39, 0.29) is 40.5 Å². The lowest BCUT2D eigenvalue weighted by atomic mass is 10.2. The number of nitrogens with zero attached hydrogens (tertiary/aromatic N) is 3. The summed E-state index contributed by atoms with van der Waals surface area (Å²) >= 11 is 0. The third kappa shape index (κ3) is 4.00. The molecule has 2 aromatic heterocycles. The van der Waals surface area contributed by atoms with Gasteiger partial charge in [0.1, 0.15) is 18.2 Å². The van der Waals surface area contributed by atoms with Gasteiger partial charge < -0.3 is 10.1 Å². The molecule has 0 amide bonds. The van der Waals surface area contributed by atoms with Crippen LogP contribution in [0.1, 0.15) is 11.3 Å². The quantitative estimate of drug-likeness (QED) is 0.431. The normalized spacial score (nSPS) is 11.7. The summed E-state index contributed by atoms with van der Waals surface area (Å²) in [6.45, 7) is -0.184. The molecule has 4 rings (SSSR count). The Hall–Kier alpha value is -3.69. The van der Waals surface area contributed by atoms with Crippen molar-refractivity contribution in [3.05, 3.63) is 77.5 Å². The summed E-state index contributed by atoms with van der Waals surface area (Å²) in [7, 11) is 1.50. The van der Waals surface area contributed by atoms with E-state index in [4.69, 9.17) is 4.74 Å². The number of fused-ring (bicyclic) bond motifs is 1. The summed E-state index contributed by atoms with van der Waals surface area (Å²) < 4.78 is 74.6. The van der Waals surface area contributed by atoms with Gasteiger partial charge in [0.25, 0.3) is 0 Å². The second-order valence-electron chi connectivity index (χ2n) is 6.58. The van der Waals surface area contributed by atoms with E-state index in [1.165, 1.54) is 43.4 Å². The van der Waals surface area contributed by atoms with Crippen LogP contribution in [0.15, 0.2) is 54.6 Å². The SMILES string of the molecule is CNc1cc2c(C(F)(F)F)nn(-c3ccc(F)cc3)c2nc1OCc1ccccc1F. The van der Waals surface area contributed by atoms with Gasteiger partial charge in [-0.05, 0) is 36.4 Å². The van der Waals surface area contributed by atoms with Crippen LogP contribution in [0.3, 0.4) is 0 Å². The van der Waals surface area contributed by atoms with Crippen molar-refractivity contribution in [1.29, 1.82) is 0 Å². The molecular formula is C21H15F5N4O. The molecule has 31 heavy (non-hydrogen) atoms. The minimum Gasteiger partial charge on any atom is -0.471 e. The van der Waals surface area contributed by atoms with Crippen molar-refractivity contribution in [3.63, 3.8) is 0 Å². The molecule has 0 unspecified atom stereocenters. The number of alkyl halides is 3. The van der Waals surface area contributed by atoms with Crippen molar-refractivity contribution in [3.8, 4) is 11.6 Å². The topological polar surface area (TPSA) is 52.0 Å². The lowest BCUT2D eigenvalue weighted by Crippen LogP contribution is -2.07. The van der Waals surface area contributed by atoms with Gasteiger partial charge >= 0.3 is 6.18 Å². The van der Waals surface area contributed by atoms with Gasteiger partial charge in [0.2, 0.25) is 5.88 Å². The summed E-state index contributed by atoms with van der Waals surface area (Å²) in [5.74, 6) is -1.06. The fraction of sp³-hybridized carbons (Fsp3) is 0.143. The molecule has 0 bridgehead atoms. The molecule has 2 aromatic carbocycles. The van der Waals surface area contributed by atoms with Gasteiger partial charge in [-0.15, -0.1) is 0 Å². The number of anilines is 1. The van der Waals surface area contributed by atoms with Crippen molar-refractivity contribution in [2.24, 2.45) is 0 Å². The molecule has 5 nitrogen and oxygen atoms in total. The van der Waals surface area contributed by atoms with Crippen molar-refractivity contribution >= 4 is 16.7 Å². The molecule has 0 radical (unpaired) electrons. The van der Waals surface area contributed by atoms with Crippen LogP contribution >= 0.6 is 0 Å². The van der Waals surface area contributed by atoms with E-state index in [0.717, 1.165) is 16.8 Å². The highest BCUT2D eigenvalue weighted by Gasteiger charge is 2.38. The Labute approximate surface area is 173 Å². The summed E-state index contributed by atoms with van der Waals surface area (Å²) in [4.78, 5) is 4.22. The van der Waals surface area contributed by atoms with E-state index in [9.17, 15) is 22.0 Å². The van der Waals surface area contributed by atoms with Crippen molar-refractivity contribution in [2.45, 2.75) is 12.8 Å². The Morgan fingerprint density at radius 2 is 1.74 bits per heavy atom. The first-order chi connectivity index (χ1) is 14.8. The maximum atomic E-state index is 13.9. The Kier molecular flexibility index (Phi) is 5.22. The molecule has 0 aliphatic carbocycles. The predicted octanol–water partition coefficient (Wildman–Crippen LogP) is 5.34. The summed E-state index contributed by atoms with van der Waals surface area (Å²) in [6.07, 6.45) is -4.74. The van der Waals surface area contributed by atoms with Crippen LogP contribution < -0.4 is 10.1 Å². The molecule has 0 aliphatic rings. The lowest BCUT2D eigenvalue weighted by molar-refractivity contribution is -0.140. The van der Waals surface area contributed by atoms with Crippen LogP contribution in [-0.2, 0) is 12.8 Å². The highest BCUT2D eigenvalue weighted by molar-refractivity contribution is 5.85. The molecule has 0 fully saturated rings. The molecule has 4 aromatic rings. The van der Waals surface area contributed by atoms with E-state index >= 15 is 0 Å². The zero-order valence-corrected chi connectivity index (χ0v) is 16.0. The number of rotatable bonds is 5. The third-order valence-corrected chi connectivity index (χ3v) is 4.55. The van der Waals surface area contributed by atoms with Crippen molar-refractivity contribution in [1.82, 2.24) is 14.8 Å². The molecular weight excluding hydrogens is 419 g/mol. The number of nitrogens with one attached hydrogen (secondary N) is 1. The average molecular weight is 434 g/mol. The zero-order valence-electron chi connectivity index (χ0n) is 16.0. The number of hydrogen-bond donors (Lipinski definition) is 1. The summed E-state index contributed by atoms with van der Waals surface area (Å²) in [6, 6.07) is 12.0. The van der Waals surface area contributed by atoms with Gasteiger partial charge in [0.05, 0.1) is 16.8 Å². The van der Waals surface area contributed by atoms with Gasteiger partial charge in [-0.25, -0.2) is 13.5 Å². The molecule has 0 saturated heterocycles. The minimum absolute atomic E-state index is 0.0322. The number of pyridine rings is 1. The van der Waals surface area contributed by atoms with Crippen LogP contribution in [-0.4, -0.2) is 21.8 Å². The third-order valence-electron chi connectivity index (χ3n) is 4.55. The molecule has 0 atom stereocenters. The number of halogens is 5. The first kappa shape index (κ1) is 20.6. The minimum atomic E-state index is -4.74. The molecule has 0 saturated carbocycles. The van der Waals surface area contributed by atoms with Gasteiger partial charge in [-0.2, -0.15) is 23.3 Å². The van der Waals surface area contributed by atoms with Crippen molar-refractivity contribution < 1.29 is 26.7 Å². The number of aromatic nitrogens is 3. The van der Waals surface area contributed by atoms with Crippen LogP contribution in [0, 0.1) is 11.6 Å². The number of ether oxygens (including phenoxy) is 1. The fourth-order valence-electron chi connectivity index (χ4n) is 3.05. The largest absolute Gasteiger partial charge is 0.471 e. The van der Waals surface area contributed by atoms with E-state index in [0.29, 0.717) is 0 Å². The van der Waals surface area contributed by atoms with Gasteiger partial charge in [0, 0.05) is 12.6 Å². The van der Waals surface area contributed by atoms with Crippen LogP contribution in [0.4, 0.5) is 27.6 Å². The highest BCUT2D eigenvalue weighted by atomic mass is 19.4. The van der Waals surface area contributed by atoms with E-state index in [1.807, 2.05) is 0 Å². The second kappa shape index (κ2) is 7.86. The average Bonchev–Trinajstić information content (AvgIpc) is 3.12. The Morgan fingerprint density at radius 3 is 2.39 bits per heavy atom. The maximum Gasteiger partial charge on any atom is 0.435 e. The molecule has 1 N–H and O–H groups in total. The smallest absolute Gasteiger partial charge is 0.435 e. The first-order valence-electron chi connectivity index (χ1n) is 9.09. The molecule has 2 heterocycles. The van der Waals surface area contributed by atoms with Crippen LogP contribution in [0.5, 0.6) is 5.88 Å². The monoisotopic (exact) mass is 434 g/mol. The zero-order chi connectivity index (χ0) is 22.2. The molecule has 0 spiro atoms. The van der Waals surface area contributed by atoms with Gasteiger partial charge in [-0.1, -0.05) is 18.2 Å². The summed E-state index contributed by atoms with van der Waals surface area (Å²) in [5.41, 5.74) is -0.660. The molecule has 160 valence electrons.